The van der Waals surface area contributed by atoms with Gasteiger partial charge in [0.15, 0.2) is 0 Å². The summed E-state index contributed by atoms with van der Waals surface area (Å²) in [6.07, 6.45) is 7.93. The van der Waals surface area contributed by atoms with Crippen LogP contribution in [0, 0.1) is 19.3 Å². The molecule has 19 heavy (non-hydrogen) atoms. The lowest BCUT2D eigenvalue weighted by Gasteiger charge is -2.37. The summed E-state index contributed by atoms with van der Waals surface area (Å²) in [5, 5.41) is 3.81. The summed E-state index contributed by atoms with van der Waals surface area (Å²) < 4.78 is 5.78. The molecule has 1 aliphatic rings. The van der Waals surface area contributed by atoms with Crippen molar-refractivity contribution in [2.24, 2.45) is 5.41 Å². The van der Waals surface area contributed by atoms with E-state index in [0.717, 1.165) is 18.1 Å². The molecule has 0 aliphatic heterocycles. The van der Waals surface area contributed by atoms with Crippen molar-refractivity contribution >= 4 is 0 Å². The van der Waals surface area contributed by atoms with E-state index in [-0.39, 0.29) is 0 Å². The van der Waals surface area contributed by atoms with Crippen molar-refractivity contribution in [2.75, 3.05) is 6.54 Å². The molecule has 0 bridgehead atoms. The van der Waals surface area contributed by atoms with Crippen molar-refractivity contribution in [2.45, 2.75) is 72.3 Å². The molecule has 108 valence electrons. The Labute approximate surface area is 118 Å². The normalized spacial score (nSPS) is 19.8. The fraction of sp³-hybridized carbons (Fsp3) is 0.765. The highest BCUT2D eigenvalue weighted by Gasteiger charge is 2.41. The molecule has 2 rings (SSSR count). The highest BCUT2D eigenvalue weighted by Crippen LogP contribution is 2.50. The summed E-state index contributed by atoms with van der Waals surface area (Å²) >= 11 is 0. The van der Waals surface area contributed by atoms with Gasteiger partial charge in [-0.2, -0.15) is 0 Å². The fourth-order valence-corrected chi connectivity index (χ4v) is 3.81. The van der Waals surface area contributed by atoms with Crippen LogP contribution in [-0.4, -0.2) is 6.54 Å². The second kappa shape index (κ2) is 6.13. The number of rotatable bonds is 6. The molecule has 1 N–H and O–H groups in total. The predicted octanol–water partition coefficient (Wildman–Crippen LogP) is 4.91. The third kappa shape index (κ3) is 2.89. The molecule has 1 aliphatic carbocycles. The van der Waals surface area contributed by atoms with Crippen LogP contribution >= 0.6 is 0 Å². The van der Waals surface area contributed by atoms with E-state index >= 15 is 0 Å². The molecule has 1 atom stereocenters. The van der Waals surface area contributed by atoms with Crippen LogP contribution in [0.2, 0.25) is 0 Å². The van der Waals surface area contributed by atoms with E-state index in [1.165, 1.54) is 44.1 Å². The van der Waals surface area contributed by atoms with Gasteiger partial charge in [0.2, 0.25) is 0 Å². The average Bonchev–Trinajstić information content (AvgIpc) is 2.98. The van der Waals surface area contributed by atoms with E-state index in [4.69, 9.17) is 4.42 Å². The van der Waals surface area contributed by atoms with Gasteiger partial charge in [-0.25, -0.2) is 0 Å². The molecule has 1 saturated carbocycles. The summed E-state index contributed by atoms with van der Waals surface area (Å²) in [7, 11) is 0. The Balaban J connectivity index is 2.32. The molecule has 1 aromatic rings. The zero-order valence-corrected chi connectivity index (χ0v) is 13.0. The molecule has 0 amide bonds. The summed E-state index contributed by atoms with van der Waals surface area (Å²) in [5.41, 5.74) is 1.84. The zero-order valence-electron chi connectivity index (χ0n) is 13.0. The van der Waals surface area contributed by atoms with Crippen molar-refractivity contribution in [1.29, 1.82) is 0 Å². The summed E-state index contributed by atoms with van der Waals surface area (Å²) in [5.74, 6) is 2.14. The second-order valence-corrected chi connectivity index (χ2v) is 6.18. The van der Waals surface area contributed by atoms with Crippen molar-refractivity contribution < 1.29 is 4.42 Å². The first-order chi connectivity index (χ1) is 9.13. The Bertz CT molecular complexity index is 401. The molecule has 0 aromatic carbocycles. The van der Waals surface area contributed by atoms with Crippen LogP contribution in [0.1, 0.15) is 75.5 Å². The van der Waals surface area contributed by atoms with Crippen LogP contribution in [0.3, 0.4) is 0 Å². The highest BCUT2D eigenvalue weighted by atomic mass is 16.3. The topological polar surface area (TPSA) is 25.2 Å². The Hall–Kier alpha value is -0.760. The monoisotopic (exact) mass is 263 g/mol. The first-order valence-corrected chi connectivity index (χ1v) is 7.93. The van der Waals surface area contributed by atoms with Gasteiger partial charge in [-0.05, 0) is 57.6 Å². The molecule has 1 heterocycles. The van der Waals surface area contributed by atoms with Gasteiger partial charge in [-0.3, -0.25) is 0 Å². The van der Waals surface area contributed by atoms with Crippen molar-refractivity contribution in [3.05, 3.63) is 23.2 Å². The SMILES string of the molecule is CCCNC(c1cc(C)oc1C)C1(CC)CCCC1. The van der Waals surface area contributed by atoms with Crippen molar-refractivity contribution in [1.82, 2.24) is 5.32 Å². The van der Waals surface area contributed by atoms with E-state index in [2.05, 4.69) is 39.1 Å². The van der Waals surface area contributed by atoms with E-state index < -0.39 is 0 Å². The summed E-state index contributed by atoms with van der Waals surface area (Å²) in [4.78, 5) is 0. The molecular weight excluding hydrogens is 234 g/mol. The summed E-state index contributed by atoms with van der Waals surface area (Å²) in [6, 6.07) is 2.72. The maximum Gasteiger partial charge on any atom is 0.105 e. The number of aryl methyl sites for hydroxylation is 2. The van der Waals surface area contributed by atoms with Gasteiger partial charge in [0.1, 0.15) is 11.5 Å². The van der Waals surface area contributed by atoms with Gasteiger partial charge >= 0.3 is 0 Å². The first-order valence-electron chi connectivity index (χ1n) is 7.93. The lowest BCUT2D eigenvalue weighted by Crippen LogP contribution is -2.36. The van der Waals surface area contributed by atoms with Crippen molar-refractivity contribution in [3.8, 4) is 0 Å². The number of furan rings is 1. The third-order valence-corrected chi connectivity index (χ3v) is 4.90. The van der Waals surface area contributed by atoms with Gasteiger partial charge in [-0.15, -0.1) is 0 Å². The van der Waals surface area contributed by atoms with Crippen LogP contribution < -0.4 is 5.32 Å². The van der Waals surface area contributed by atoms with E-state index in [0.29, 0.717) is 11.5 Å². The molecule has 2 heteroatoms. The number of hydrogen-bond acceptors (Lipinski definition) is 2. The predicted molar refractivity (Wildman–Crippen MR) is 80.4 cm³/mol. The first kappa shape index (κ1) is 14.6. The molecular formula is C17H29NO. The van der Waals surface area contributed by atoms with Gasteiger partial charge in [0.05, 0.1) is 0 Å². The molecule has 1 fully saturated rings. The second-order valence-electron chi connectivity index (χ2n) is 6.18. The summed E-state index contributed by atoms with van der Waals surface area (Å²) in [6.45, 7) is 9.86. The smallest absolute Gasteiger partial charge is 0.105 e. The van der Waals surface area contributed by atoms with Crippen LogP contribution in [0.25, 0.3) is 0 Å². The minimum atomic E-state index is 0.441. The van der Waals surface area contributed by atoms with Gasteiger partial charge < -0.3 is 9.73 Å². The fourth-order valence-electron chi connectivity index (χ4n) is 3.81. The zero-order chi connectivity index (χ0) is 13.9. The third-order valence-electron chi connectivity index (χ3n) is 4.90. The quantitative estimate of drug-likeness (QED) is 0.789. The molecule has 1 aromatic heterocycles. The lowest BCUT2D eigenvalue weighted by molar-refractivity contribution is 0.185. The van der Waals surface area contributed by atoms with E-state index in [1.807, 2.05) is 0 Å². The standard InChI is InChI=1S/C17H29NO/c1-5-11-18-16(15-12-13(3)19-14(15)4)17(6-2)9-7-8-10-17/h12,16,18H,5-11H2,1-4H3. The molecule has 0 saturated heterocycles. The molecule has 1 unspecified atom stereocenters. The number of hydrogen-bond donors (Lipinski definition) is 1. The Morgan fingerprint density at radius 1 is 1.26 bits per heavy atom. The highest BCUT2D eigenvalue weighted by molar-refractivity contribution is 5.27. The van der Waals surface area contributed by atoms with Crippen LogP contribution in [0.15, 0.2) is 10.5 Å². The minimum Gasteiger partial charge on any atom is -0.466 e. The maximum absolute atomic E-state index is 5.78. The Morgan fingerprint density at radius 2 is 1.95 bits per heavy atom. The van der Waals surface area contributed by atoms with Gasteiger partial charge in [0.25, 0.3) is 0 Å². The maximum atomic E-state index is 5.78. The molecule has 0 spiro atoms. The Kier molecular flexibility index (Phi) is 4.72. The van der Waals surface area contributed by atoms with Crippen LogP contribution in [0.5, 0.6) is 0 Å². The van der Waals surface area contributed by atoms with Gasteiger partial charge in [-0.1, -0.05) is 26.7 Å². The lowest BCUT2D eigenvalue weighted by atomic mass is 9.73. The van der Waals surface area contributed by atoms with Crippen molar-refractivity contribution in [3.63, 3.8) is 0 Å². The minimum absolute atomic E-state index is 0.441. The van der Waals surface area contributed by atoms with Gasteiger partial charge in [0, 0.05) is 11.6 Å². The molecule has 2 nitrogen and oxygen atoms in total. The largest absolute Gasteiger partial charge is 0.466 e. The average molecular weight is 263 g/mol. The van der Waals surface area contributed by atoms with E-state index in [9.17, 15) is 0 Å². The van der Waals surface area contributed by atoms with Crippen LogP contribution in [0.4, 0.5) is 0 Å². The molecule has 0 radical (unpaired) electrons. The number of nitrogens with one attached hydrogen (secondary N) is 1. The van der Waals surface area contributed by atoms with Crippen LogP contribution in [-0.2, 0) is 0 Å². The Morgan fingerprint density at radius 3 is 2.42 bits per heavy atom. The van der Waals surface area contributed by atoms with E-state index in [1.54, 1.807) is 0 Å².